The third-order valence-electron chi connectivity index (χ3n) is 2.76. The maximum atomic E-state index is 12.6. The van der Waals surface area contributed by atoms with Crippen molar-refractivity contribution in [2.24, 2.45) is 0 Å². The molecule has 0 aliphatic carbocycles. The van der Waals surface area contributed by atoms with Gasteiger partial charge in [-0.3, -0.25) is 4.40 Å². The molecule has 3 rings (SSSR count). The van der Waals surface area contributed by atoms with Gasteiger partial charge in [-0.25, -0.2) is 9.97 Å². The van der Waals surface area contributed by atoms with Gasteiger partial charge in [0.15, 0.2) is 0 Å². The molecule has 0 saturated heterocycles. The Morgan fingerprint density at radius 2 is 1.70 bits per heavy atom. The van der Waals surface area contributed by atoms with Gasteiger partial charge in [-0.05, 0) is 18.2 Å². The summed E-state index contributed by atoms with van der Waals surface area (Å²) in [7, 11) is 0. The van der Waals surface area contributed by atoms with Crippen LogP contribution in [0, 0.1) is 0 Å². The summed E-state index contributed by atoms with van der Waals surface area (Å²) in [4.78, 5) is 7.65. The molecule has 20 heavy (non-hydrogen) atoms. The minimum absolute atomic E-state index is 0.0257. The molecule has 2 heterocycles. The molecule has 0 fully saturated rings. The topological polar surface area (TPSA) is 30.2 Å². The van der Waals surface area contributed by atoms with Crippen molar-refractivity contribution in [3.63, 3.8) is 0 Å². The van der Waals surface area contributed by atoms with Crippen LogP contribution in [-0.4, -0.2) is 14.4 Å². The van der Waals surface area contributed by atoms with Crippen LogP contribution >= 0.6 is 15.9 Å². The van der Waals surface area contributed by atoms with Crippen molar-refractivity contribution in [2.75, 3.05) is 0 Å². The molecular weight excluding hydrogens is 335 g/mol. The maximum absolute atomic E-state index is 12.6. The molecule has 0 bridgehead atoms. The lowest BCUT2D eigenvalue weighted by Gasteiger charge is -2.04. The summed E-state index contributed by atoms with van der Waals surface area (Å²) in [5, 5.41) is 0. The van der Waals surface area contributed by atoms with E-state index in [1.165, 1.54) is 10.6 Å². The number of fused-ring (bicyclic) bond motifs is 1. The fourth-order valence-corrected chi connectivity index (χ4v) is 2.05. The van der Waals surface area contributed by atoms with Gasteiger partial charge >= 0.3 is 6.18 Å². The fraction of sp³-hybridized carbons (Fsp3) is 0.0769. The number of halogens is 4. The number of hydrogen-bond acceptors (Lipinski definition) is 2. The van der Waals surface area contributed by atoms with Gasteiger partial charge in [-0.1, -0.05) is 28.1 Å². The third-order valence-corrected chi connectivity index (χ3v) is 3.29. The van der Waals surface area contributed by atoms with Crippen LogP contribution in [0.4, 0.5) is 13.2 Å². The van der Waals surface area contributed by atoms with Crippen LogP contribution in [0.15, 0.2) is 47.2 Å². The highest BCUT2D eigenvalue weighted by atomic mass is 79.9. The van der Waals surface area contributed by atoms with Crippen molar-refractivity contribution in [1.29, 1.82) is 0 Å². The highest BCUT2D eigenvalue weighted by Gasteiger charge is 2.32. The van der Waals surface area contributed by atoms with Crippen LogP contribution in [0.25, 0.3) is 17.0 Å². The first-order chi connectivity index (χ1) is 9.43. The quantitative estimate of drug-likeness (QED) is 0.664. The highest BCUT2D eigenvalue weighted by Crippen LogP contribution is 2.28. The maximum Gasteiger partial charge on any atom is 0.433 e. The van der Waals surface area contributed by atoms with Gasteiger partial charge in [0.05, 0.1) is 5.69 Å². The zero-order chi connectivity index (χ0) is 14.3. The highest BCUT2D eigenvalue weighted by molar-refractivity contribution is 9.10. The van der Waals surface area contributed by atoms with Crippen molar-refractivity contribution in [2.45, 2.75) is 6.18 Å². The van der Waals surface area contributed by atoms with Gasteiger partial charge < -0.3 is 0 Å². The van der Waals surface area contributed by atoms with E-state index < -0.39 is 11.9 Å². The summed E-state index contributed by atoms with van der Waals surface area (Å²) >= 11 is 3.32. The van der Waals surface area contributed by atoms with Gasteiger partial charge in [-0.15, -0.1) is 0 Å². The van der Waals surface area contributed by atoms with Crippen LogP contribution in [0.5, 0.6) is 0 Å². The van der Waals surface area contributed by atoms with Gasteiger partial charge in [0.25, 0.3) is 0 Å². The summed E-state index contributed by atoms with van der Waals surface area (Å²) in [6, 6.07) is 8.27. The second-order valence-corrected chi connectivity index (χ2v) is 5.07. The molecular formula is C13H7BrF3N3. The molecule has 0 unspecified atom stereocenters. The van der Waals surface area contributed by atoms with Crippen LogP contribution in [0.3, 0.4) is 0 Å². The normalized spacial score (nSPS) is 12.0. The lowest BCUT2D eigenvalue weighted by molar-refractivity contribution is -0.141. The number of hydrogen-bond donors (Lipinski definition) is 0. The minimum atomic E-state index is -4.47. The number of rotatable bonds is 1. The SMILES string of the molecule is FC(F)(F)c1ccn2cc(-c3ccc(Br)cc3)nc2n1. The first-order valence-corrected chi connectivity index (χ1v) is 6.42. The van der Waals surface area contributed by atoms with Gasteiger partial charge in [0, 0.05) is 22.4 Å². The molecule has 3 nitrogen and oxygen atoms in total. The van der Waals surface area contributed by atoms with Gasteiger partial charge in [0.1, 0.15) is 5.69 Å². The number of nitrogens with zero attached hydrogens (tertiary/aromatic N) is 3. The largest absolute Gasteiger partial charge is 0.433 e. The fourth-order valence-electron chi connectivity index (χ4n) is 1.79. The standard InChI is InChI=1S/C13H7BrF3N3/c14-9-3-1-8(2-4-9)10-7-20-6-5-11(13(15,16)17)19-12(20)18-10/h1-7H. The predicted octanol–water partition coefficient (Wildman–Crippen LogP) is 4.18. The average molecular weight is 342 g/mol. The molecule has 2 aromatic heterocycles. The molecule has 0 spiro atoms. The van der Waals surface area contributed by atoms with Crippen LogP contribution < -0.4 is 0 Å². The van der Waals surface area contributed by atoms with E-state index in [9.17, 15) is 13.2 Å². The van der Waals surface area contributed by atoms with Gasteiger partial charge in [-0.2, -0.15) is 13.2 Å². The van der Waals surface area contributed by atoms with E-state index in [0.717, 1.165) is 16.1 Å². The first kappa shape index (κ1) is 13.1. The second kappa shape index (κ2) is 4.59. The van der Waals surface area contributed by atoms with Crippen molar-refractivity contribution in [1.82, 2.24) is 14.4 Å². The smallest absolute Gasteiger partial charge is 0.290 e. The number of alkyl halides is 3. The zero-order valence-corrected chi connectivity index (χ0v) is 11.5. The monoisotopic (exact) mass is 341 g/mol. The molecule has 0 aliphatic heterocycles. The van der Waals surface area contributed by atoms with E-state index in [4.69, 9.17) is 0 Å². The molecule has 0 radical (unpaired) electrons. The van der Waals surface area contributed by atoms with Crippen molar-refractivity contribution in [3.05, 3.63) is 52.9 Å². The van der Waals surface area contributed by atoms with E-state index in [0.29, 0.717) is 5.69 Å². The van der Waals surface area contributed by atoms with Gasteiger partial charge in [0.2, 0.25) is 5.78 Å². The van der Waals surface area contributed by atoms with E-state index in [1.54, 1.807) is 6.20 Å². The number of benzene rings is 1. The Morgan fingerprint density at radius 3 is 2.35 bits per heavy atom. The molecule has 0 N–H and O–H groups in total. The van der Waals surface area contributed by atoms with Crippen molar-refractivity contribution < 1.29 is 13.2 Å². The minimum Gasteiger partial charge on any atom is -0.290 e. The summed E-state index contributed by atoms with van der Waals surface area (Å²) in [5.41, 5.74) is 0.439. The van der Waals surface area contributed by atoms with Crippen LogP contribution in [0.2, 0.25) is 0 Å². The van der Waals surface area contributed by atoms with Crippen LogP contribution in [-0.2, 0) is 6.18 Å². The molecule has 7 heteroatoms. The Morgan fingerprint density at radius 1 is 1.00 bits per heavy atom. The molecule has 3 aromatic rings. The Hall–Kier alpha value is -1.89. The molecule has 1 aromatic carbocycles. The molecule has 0 aliphatic rings. The zero-order valence-electron chi connectivity index (χ0n) is 9.89. The van der Waals surface area contributed by atoms with E-state index in [1.807, 2.05) is 24.3 Å². The van der Waals surface area contributed by atoms with Crippen molar-refractivity contribution >= 4 is 21.7 Å². The second-order valence-electron chi connectivity index (χ2n) is 4.15. The third kappa shape index (κ3) is 2.40. The summed E-state index contributed by atoms with van der Waals surface area (Å²) < 4.78 is 40.1. The first-order valence-electron chi connectivity index (χ1n) is 5.62. The number of imidazole rings is 1. The summed E-state index contributed by atoms with van der Waals surface area (Å²) in [5.74, 6) is 0.0257. The Labute approximate surface area is 120 Å². The summed E-state index contributed by atoms with van der Waals surface area (Å²) in [6.45, 7) is 0. The van der Waals surface area contributed by atoms with Crippen molar-refractivity contribution in [3.8, 4) is 11.3 Å². The van der Waals surface area contributed by atoms with E-state index in [-0.39, 0.29) is 5.78 Å². The lowest BCUT2D eigenvalue weighted by atomic mass is 10.2. The van der Waals surface area contributed by atoms with Crippen LogP contribution in [0.1, 0.15) is 5.69 Å². The number of aromatic nitrogens is 3. The summed E-state index contributed by atoms with van der Waals surface area (Å²) in [6.07, 6.45) is -1.52. The Bertz CT molecular complexity index is 763. The van der Waals surface area contributed by atoms with E-state index >= 15 is 0 Å². The molecule has 0 atom stereocenters. The Balaban J connectivity index is 2.09. The average Bonchev–Trinajstić information content (AvgIpc) is 2.81. The molecule has 0 amide bonds. The lowest BCUT2D eigenvalue weighted by Crippen LogP contribution is -2.08. The van der Waals surface area contributed by atoms with E-state index in [2.05, 4.69) is 25.9 Å². The Kier molecular flexibility index (Phi) is 3.01. The predicted molar refractivity (Wildman–Crippen MR) is 71.1 cm³/mol. The molecule has 0 saturated carbocycles. The molecule has 102 valence electrons.